The minimum absolute atomic E-state index is 0.0486. The number of aryl methyl sites for hydroxylation is 1. The molecule has 2 aromatic carbocycles. The van der Waals surface area contributed by atoms with Gasteiger partial charge in [0, 0.05) is 24.3 Å². The van der Waals surface area contributed by atoms with Crippen molar-refractivity contribution < 1.29 is 13.2 Å². The lowest BCUT2D eigenvalue weighted by molar-refractivity contribution is 0.0712. The molecule has 0 aliphatic carbocycles. The maximum atomic E-state index is 13.1. The number of carbonyl (C=O) groups excluding carboxylic acids is 1. The Bertz CT molecular complexity index is 1050. The maximum absolute atomic E-state index is 13.1. The van der Waals surface area contributed by atoms with Gasteiger partial charge < -0.3 is 4.90 Å². The fourth-order valence-electron chi connectivity index (χ4n) is 3.83. The predicted octanol–water partition coefficient (Wildman–Crippen LogP) is 4.04. The Labute approximate surface area is 178 Å². The highest BCUT2D eigenvalue weighted by Gasteiger charge is 2.25. The molecule has 1 aliphatic rings. The topological polar surface area (TPSA) is 90.3 Å². The number of sulfonamides is 1. The summed E-state index contributed by atoms with van der Waals surface area (Å²) in [4.78, 5) is 14.9. The zero-order valence-electron chi connectivity index (χ0n) is 17.4. The summed E-state index contributed by atoms with van der Waals surface area (Å²) >= 11 is 0. The number of carbonyl (C=O) groups is 1. The summed E-state index contributed by atoms with van der Waals surface area (Å²) in [6.45, 7) is 4.97. The lowest BCUT2D eigenvalue weighted by Crippen LogP contribution is -2.38. The molecule has 7 heteroatoms. The van der Waals surface area contributed by atoms with Gasteiger partial charge in [-0.3, -0.25) is 9.52 Å². The monoisotopic (exact) mass is 425 g/mol. The number of nitrogens with zero attached hydrogens (tertiary/aromatic N) is 2. The van der Waals surface area contributed by atoms with Crippen molar-refractivity contribution in [2.24, 2.45) is 0 Å². The van der Waals surface area contributed by atoms with Crippen LogP contribution >= 0.6 is 0 Å². The Morgan fingerprint density at radius 1 is 1.17 bits per heavy atom. The Balaban J connectivity index is 1.68. The Morgan fingerprint density at radius 2 is 1.83 bits per heavy atom. The van der Waals surface area contributed by atoms with E-state index in [2.05, 4.69) is 10.8 Å². The van der Waals surface area contributed by atoms with Crippen molar-refractivity contribution in [3.63, 3.8) is 0 Å². The van der Waals surface area contributed by atoms with Crippen LogP contribution in [0.15, 0.2) is 42.5 Å². The minimum atomic E-state index is -3.40. The third kappa shape index (κ3) is 5.19. The fourth-order valence-corrected chi connectivity index (χ4v) is 4.96. The van der Waals surface area contributed by atoms with Gasteiger partial charge in [-0.15, -0.1) is 0 Å². The van der Waals surface area contributed by atoms with E-state index >= 15 is 0 Å². The molecule has 0 spiro atoms. The number of hydrogen-bond acceptors (Lipinski definition) is 4. The van der Waals surface area contributed by atoms with E-state index in [4.69, 9.17) is 5.26 Å². The number of nitrogens with one attached hydrogen (secondary N) is 1. The molecule has 0 aromatic heterocycles. The number of likely N-dealkylation sites (tertiary alicyclic amines) is 1. The van der Waals surface area contributed by atoms with Crippen LogP contribution < -0.4 is 4.72 Å². The minimum Gasteiger partial charge on any atom is -0.339 e. The molecule has 1 saturated heterocycles. The van der Waals surface area contributed by atoms with E-state index in [0.717, 1.165) is 18.4 Å². The molecule has 0 radical (unpaired) electrons. The van der Waals surface area contributed by atoms with Crippen LogP contribution in [0.4, 0.5) is 5.69 Å². The fraction of sp³-hybridized carbons (Fsp3) is 0.391. The highest BCUT2D eigenvalue weighted by molar-refractivity contribution is 7.92. The molecule has 1 aliphatic heterocycles. The van der Waals surface area contributed by atoms with E-state index in [1.165, 1.54) is 5.56 Å². The van der Waals surface area contributed by atoms with E-state index in [-0.39, 0.29) is 11.7 Å². The third-order valence-electron chi connectivity index (χ3n) is 5.51. The van der Waals surface area contributed by atoms with E-state index < -0.39 is 10.0 Å². The van der Waals surface area contributed by atoms with Crippen molar-refractivity contribution in [2.45, 2.75) is 39.0 Å². The van der Waals surface area contributed by atoms with Crippen LogP contribution in [0, 0.1) is 18.3 Å². The van der Waals surface area contributed by atoms with E-state index in [9.17, 15) is 13.2 Å². The average Bonchev–Trinajstić information content (AvgIpc) is 2.74. The van der Waals surface area contributed by atoms with Gasteiger partial charge in [0.05, 0.1) is 17.4 Å². The molecule has 0 saturated carbocycles. The van der Waals surface area contributed by atoms with Crippen LogP contribution in [-0.2, 0) is 10.0 Å². The average molecular weight is 426 g/mol. The van der Waals surface area contributed by atoms with Gasteiger partial charge in [0.2, 0.25) is 10.0 Å². The number of nitriles is 1. The number of rotatable bonds is 6. The van der Waals surface area contributed by atoms with Crippen LogP contribution in [-0.4, -0.2) is 38.1 Å². The summed E-state index contributed by atoms with van der Waals surface area (Å²) in [5.74, 6) is 0.352. The van der Waals surface area contributed by atoms with Crippen LogP contribution in [0.1, 0.15) is 59.2 Å². The van der Waals surface area contributed by atoms with E-state index in [1.54, 1.807) is 18.2 Å². The molecule has 1 heterocycles. The van der Waals surface area contributed by atoms with Gasteiger partial charge in [-0.1, -0.05) is 25.1 Å². The molecule has 0 unspecified atom stereocenters. The lowest BCUT2D eigenvalue weighted by atomic mass is 9.88. The quantitative estimate of drug-likeness (QED) is 0.756. The smallest absolute Gasteiger partial charge is 0.254 e. The van der Waals surface area contributed by atoms with Crippen LogP contribution in [0.2, 0.25) is 0 Å². The lowest BCUT2D eigenvalue weighted by Gasteiger charge is -2.32. The summed E-state index contributed by atoms with van der Waals surface area (Å²) in [6, 6.07) is 14.9. The SMILES string of the molecule is CCCS(=O)(=O)Nc1ccc(C)c(C(=O)N2CCC(c3ccc(C#N)cc3)CC2)c1. The predicted molar refractivity (Wildman–Crippen MR) is 118 cm³/mol. The van der Waals surface area contributed by atoms with Crippen LogP contribution in [0.3, 0.4) is 0 Å². The molecule has 0 atom stereocenters. The zero-order chi connectivity index (χ0) is 21.7. The molecule has 2 aromatic rings. The largest absolute Gasteiger partial charge is 0.339 e. The number of amides is 1. The first-order chi connectivity index (χ1) is 14.3. The molecular weight excluding hydrogens is 398 g/mol. The summed E-state index contributed by atoms with van der Waals surface area (Å²) in [7, 11) is -3.40. The Morgan fingerprint density at radius 3 is 2.43 bits per heavy atom. The molecule has 0 bridgehead atoms. The summed E-state index contributed by atoms with van der Waals surface area (Å²) in [6.07, 6.45) is 2.25. The van der Waals surface area contributed by atoms with Gasteiger partial charge in [0.1, 0.15) is 0 Å². The first kappa shape index (κ1) is 21.8. The van der Waals surface area contributed by atoms with Crippen molar-refractivity contribution >= 4 is 21.6 Å². The van der Waals surface area contributed by atoms with Gasteiger partial charge in [-0.25, -0.2) is 8.42 Å². The molecular formula is C23H27N3O3S. The standard InChI is InChI=1S/C23H27N3O3S/c1-3-14-30(28,29)25-21-9-4-17(2)22(15-21)23(27)26-12-10-20(11-13-26)19-7-5-18(16-24)6-8-19/h4-9,15,20,25H,3,10-14H2,1-2H3. The van der Waals surface area contributed by atoms with Crippen LogP contribution in [0.5, 0.6) is 0 Å². The molecule has 3 rings (SSSR count). The van der Waals surface area contributed by atoms with E-state index in [1.807, 2.05) is 43.0 Å². The van der Waals surface area contributed by atoms with Crippen molar-refractivity contribution in [3.05, 3.63) is 64.7 Å². The van der Waals surface area contributed by atoms with Gasteiger partial charge in [-0.2, -0.15) is 5.26 Å². The van der Waals surface area contributed by atoms with Crippen molar-refractivity contribution in [1.82, 2.24) is 4.90 Å². The highest BCUT2D eigenvalue weighted by atomic mass is 32.2. The Kier molecular flexibility index (Phi) is 6.78. The number of benzene rings is 2. The second-order valence-electron chi connectivity index (χ2n) is 7.75. The van der Waals surface area contributed by atoms with Crippen LogP contribution in [0.25, 0.3) is 0 Å². The maximum Gasteiger partial charge on any atom is 0.254 e. The van der Waals surface area contributed by atoms with Gasteiger partial charge in [0.25, 0.3) is 5.91 Å². The summed E-state index contributed by atoms with van der Waals surface area (Å²) in [5.41, 5.74) is 3.63. The Hall–Kier alpha value is -2.85. The van der Waals surface area contributed by atoms with Gasteiger partial charge in [-0.05, 0) is 67.5 Å². The number of piperidine rings is 1. The van der Waals surface area contributed by atoms with Crippen molar-refractivity contribution in [1.29, 1.82) is 5.26 Å². The molecule has 30 heavy (non-hydrogen) atoms. The second kappa shape index (κ2) is 9.31. The van der Waals surface area contributed by atoms with Crippen molar-refractivity contribution in [3.8, 4) is 6.07 Å². The summed E-state index contributed by atoms with van der Waals surface area (Å²) in [5, 5.41) is 8.94. The molecule has 1 N–H and O–H groups in total. The number of anilines is 1. The van der Waals surface area contributed by atoms with Gasteiger partial charge in [0.15, 0.2) is 0 Å². The molecule has 158 valence electrons. The first-order valence-electron chi connectivity index (χ1n) is 10.2. The summed E-state index contributed by atoms with van der Waals surface area (Å²) < 4.78 is 26.7. The van der Waals surface area contributed by atoms with Crippen molar-refractivity contribution in [2.75, 3.05) is 23.6 Å². The zero-order valence-corrected chi connectivity index (χ0v) is 18.2. The van der Waals surface area contributed by atoms with E-state index in [0.29, 0.717) is 42.2 Å². The van der Waals surface area contributed by atoms with Gasteiger partial charge >= 0.3 is 0 Å². The third-order valence-corrected chi connectivity index (χ3v) is 7.00. The highest BCUT2D eigenvalue weighted by Crippen LogP contribution is 2.29. The molecule has 1 amide bonds. The number of hydrogen-bond donors (Lipinski definition) is 1. The normalized spacial score (nSPS) is 14.9. The first-order valence-corrected chi connectivity index (χ1v) is 11.9. The molecule has 1 fully saturated rings. The second-order valence-corrected chi connectivity index (χ2v) is 9.59. The molecule has 6 nitrogen and oxygen atoms in total.